The number of Topliss-reactive ketones (excluding diaryl/α,β-unsaturated/α-hetero) is 1. The molecule has 3 aromatic rings. The number of ketones is 1. The molecule has 0 heterocycles. The van der Waals surface area contributed by atoms with Crippen LogP contribution in [-0.2, 0) is 6.42 Å². The second kappa shape index (κ2) is 9.00. The maximum absolute atomic E-state index is 12.6. The molecule has 0 saturated heterocycles. The maximum atomic E-state index is 12.6. The Morgan fingerprint density at radius 1 is 0.846 bits per heavy atom. The van der Waals surface area contributed by atoms with Crippen LogP contribution in [-0.4, -0.2) is 12.9 Å². The van der Waals surface area contributed by atoms with Crippen LogP contribution in [0.15, 0.2) is 78.9 Å². The number of methoxy groups -OCH3 is 1. The van der Waals surface area contributed by atoms with Gasteiger partial charge >= 0.3 is 0 Å². The van der Waals surface area contributed by atoms with Crippen LogP contribution in [0.2, 0.25) is 0 Å². The molecule has 0 spiro atoms. The summed E-state index contributed by atoms with van der Waals surface area (Å²) in [6.45, 7) is 0. The summed E-state index contributed by atoms with van der Waals surface area (Å²) in [5.41, 5.74) is 4.10. The summed E-state index contributed by atoms with van der Waals surface area (Å²) in [4.78, 5) is 12.6. The number of ether oxygens (including phenoxy) is 1. The van der Waals surface area contributed by atoms with Crippen LogP contribution in [0.3, 0.4) is 0 Å². The van der Waals surface area contributed by atoms with E-state index in [1.807, 2.05) is 54.6 Å². The Balaban J connectivity index is 1.64. The normalized spacial score (nSPS) is 10.5. The second-order valence-corrected chi connectivity index (χ2v) is 6.40. The lowest BCUT2D eigenvalue weighted by Gasteiger charge is -2.11. The van der Waals surface area contributed by atoms with Crippen LogP contribution in [0.4, 0.5) is 0 Å². The van der Waals surface area contributed by atoms with Crippen LogP contribution in [0, 0.1) is 0 Å². The lowest BCUT2D eigenvalue weighted by atomic mass is 9.97. The predicted octanol–water partition coefficient (Wildman–Crippen LogP) is 5.96. The van der Waals surface area contributed by atoms with Crippen LogP contribution >= 0.6 is 0 Å². The number of unbranched alkanes of at least 4 members (excludes halogenated alkanes) is 1. The van der Waals surface area contributed by atoms with Gasteiger partial charge in [-0.05, 0) is 48.6 Å². The summed E-state index contributed by atoms with van der Waals surface area (Å²) in [5.74, 6) is 0.981. The fraction of sp³-hybridized carbons (Fsp3) is 0.208. The van der Waals surface area contributed by atoms with Gasteiger partial charge in [-0.3, -0.25) is 4.79 Å². The first-order valence-electron chi connectivity index (χ1n) is 9.08. The Labute approximate surface area is 155 Å². The Kier molecular flexibility index (Phi) is 6.21. The molecule has 0 fully saturated rings. The van der Waals surface area contributed by atoms with Crippen LogP contribution in [0.25, 0.3) is 11.1 Å². The van der Waals surface area contributed by atoms with Crippen molar-refractivity contribution in [3.63, 3.8) is 0 Å². The molecule has 2 nitrogen and oxygen atoms in total. The highest BCUT2D eigenvalue weighted by Gasteiger charge is 2.11. The minimum atomic E-state index is 0.192. The molecule has 3 rings (SSSR count). The van der Waals surface area contributed by atoms with Crippen molar-refractivity contribution in [3.05, 3.63) is 90.0 Å². The smallest absolute Gasteiger partial charge is 0.162 e. The van der Waals surface area contributed by atoms with Crippen LogP contribution < -0.4 is 4.74 Å². The average molecular weight is 344 g/mol. The van der Waals surface area contributed by atoms with Gasteiger partial charge in [0.25, 0.3) is 0 Å². The van der Waals surface area contributed by atoms with Crippen molar-refractivity contribution in [1.82, 2.24) is 0 Å². The van der Waals surface area contributed by atoms with E-state index in [2.05, 4.69) is 24.3 Å². The molecule has 0 aliphatic heterocycles. The molecular formula is C24H24O2. The fourth-order valence-corrected chi connectivity index (χ4v) is 3.13. The van der Waals surface area contributed by atoms with Crippen molar-refractivity contribution in [2.24, 2.45) is 0 Å². The zero-order valence-corrected chi connectivity index (χ0v) is 15.2. The monoisotopic (exact) mass is 344 g/mol. The van der Waals surface area contributed by atoms with E-state index < -0.39 is 0 Å². The van der Waals surface area contributed by atoms with E-state index in [1.165, 1.54) is 5.56 Å². The summed E-state index contributed by atoms with van der Waals surface area (Å²) >= 11 is 0. The average Bonchev–Trinajstić information content (AvgIpc) is 2.72. The summed E-state index contributed by atoms with van der Waals surface area (Å²) in [5, 5.41) is 0. The molecule has 0 atom stereocenters. The van der Waals surface area contributed by atoms with E-state index in [9.17, 15) is 4.79 Å². The number of aryl methyl sites for hydroxylation is 1. The largest absolute Gasteiger partial charge is 0.496 e. The molecule has 0 bridgehead atoms. The van der Waals surface area contributed by atoms with Crippen molar-refractivity contribution < 1.29 is 9.53 Å². The summed E-state index contributed by atoms with van der Waals surface area (Å²) in [6, 6.07) is 26.2. The first-order valence-corrected chi connectivity index (χ1v) is 9.08. The van der Waals surface area contributed by atoms with Crippen LogP contribution in [0.1, 0.15) is 35.2 Å². The van der Waals surface area contributed by atoms with Crippen molar-refractivity contribution >= 4 is 5.78 Å². The first-order chi connectivity index (χ1) is 12.8. The molecule has 0 aliphatic carbocycles. The van der Waals surface area contributed by atoms with Crippen molar-refractivity contribution in [2.75, 3.05) is 7.11 Å². The quantitative estimate of drug-likeness (QED) is 0.372. The molecule has 132 valence electrons. The number of carbonyl (C=O) groups excluding carboxylic acids is 1. The van der Waals surface area contributed by atoms with Gasteiger partial charge in [-0.15, -0.1) is 0 Å². The lowest BCUT2D eigenvalue weighted by Crippen LogP contribution is -2.01. The zero-order chi connectivity index (χ0) is 18.2. The van der Waals surface area contributed by atoms with Crippen LogP contribution in [0.5, 0.6) is 5.75 Å². The Bertz CT molecular complexity index is 839. The highest BCUT2D eigenvalue weighted by atomic mass is 16.5. The lowest BCUT2D eigenvalue weighted by molar-refractivity contribution is 0.0979. The third-order valence-electron chi connectivity index (χ3n) is 4.57. The fourth-order valence-electron chi connectivity index (χ4n) is 3.13. The number of hydrogen-bond donors (Lipinski definition) is 0. The zero-order valence-electron chi connectivity index (χ0n) is 15.2. The van der Waals surface area contributed by atoms with E-state index in [0.29, 0.717) is 6.42 Å². The summed E-state index contributed by atoms with van der Waals surface area (Å²) in [6.07, 6.45) is 3.53. The van der Waals surface area contributed by atoms with E-state index >= 15 is 0 Å². The number of hydrogen-bond acceptors (Lipinski definition) is 2. The van der Waals surface area contributed by atoms with Gasteiger partial charge in [0.2, 0.25) is 0 Å². The third-order valence-corrected chi connectivity index (χ3v) is 4.57. The highest BCUT2D eigenvalue weighted by Crippen LogP contribution is 2.31. The minimum Gasteiger partial charge on any atom is -0.496 e. The molecule has 26 heavy (non-hydrogen) atoms. The number of carbonyl (C=O) groups is 1. The summed E-state index contributed by atoms with van der Waals surface area (Å²) in [7, 11) is 1.66. The molecule has 0 N–H and O–H groups in total. The van der Waals surface area contributed by atoms with Gasteiger partial charge in [0.1, 0.15) is 5.75 Å². The molecule has 0 saturated carbocycles. The van der Waals surface area contributed by atoms with Gasteiger partial charge in [-0.1, -0.05) is 60.7 Å². The Hall–Kier alpha value is -2.87. The van der Waals surface area contributed by atoms with Crippen molar-refractivity contribution in [3.8, 4) is 16.9 Å². The van der Waals surface area contributed by atoms with Gasteiger partial charge in [0, 0.05) is 17.5 Å². The highest BCUT2D eigenvalue weighted by molar-refractivity contribution is 5.97. The van der Waals surface area contributed by atoms with Crippen molar-refractivity contribution in [2.45, 2.75) is 25.7 Å². The van der Waals surface area contributed by atoms with E-state index in [1.54, 1.807) is 7.11 Å². The Morgan fingerprint density at radius 2 is 1.54 bits per heavy atom. The SMILES string of the molecule is COc1ccc(C(=O)CCCCc2ccccc2)cc1-c1ccccc1. The standard InChI is InChI=1S/C24H24O2/c1-26-24-17-16-21(18-22(24)20-13-6-3-7-14-20)23(25)15-9-8-12-19-10-4-2-5-11-19/h2-7,10-11,13-14,16-18H,8-9,12,15H2,1H3. The van der Waals surface area contributed by atoms with E-state index in [0.717, 1.165) is 41.7 Å². The number of benzene rings is 3. The molecular weight excluding hydrogens is 320 g/mol. The van der Waals surface area contributed by atoms with Gasteiger partial charge in [-0.2, -0.15) is 0 Å². The van der Waals surface area contributed by atoms with E-state index in [-0.39, 0.29) is 5.78 Å². The Morgan fingerprint density at radius 3 is 2.23 bits per heavy atom. The molecule has 2 heteroatoms. The molecule has 0 unspecified atom stereocenters. The van der Waals surface area contributed by atoms with Gasteiger partial charge in [-0.25, -0.2) is 0 Å². The molecule has 3 aromatic carbocycles. The minimum absolute atomic E-state index is 0.192. The maximum Gasteiger partial charge on any atom is 0.162 e. The first kappa shape index (κ1) is 17.9. The molecule has 0 aromatic heterocycles. The van der Waals surface area contributed by atoms with E-state index in [4.69, 9.17) is 4.74 Å². The van der Waals surface area contributed by atoms with Crippen molar-refractivity contribution in [1.29, 1.82) is 0 Å². The van der Waals surface area contributed by atoms with Gasteiger partial charge < -0.3 is 4.74 Å². The molecule has 0 aliphatic rings. The predicted molar refractivity (Wildman–Crippen MR) is 107 cm³/mol. The second-order valence-electron chi connectivity index (χ2n) is 6.40. The molecule has 0 radical (unpaired) electrons. The van der Waals surface area contributed by atoms with Gasteiger partial charge in [0.05, 0.1) is 7.11 Å². The number of rotatable bonds is 8. The molecule has 0 amide bonds. The topological polar surface area (TPSA) is 26.3 Å². The third kappa shape index (κ3) is 4.60. The summed E-state index contributed by atoms with van der Waals surface area (Å²) < 4.78 is 5.47. The van der Waals surface area contributed by atoms with Gasteiger partial charge in [0.15, 0.2) is 5.78 Å².